The number of nitrogens with one attached hydrogen (secondary N) is 1. The van der Waals surface area contributed by atoms with Crippen LogP contribution in [0.15, 0.2) is 24.3 Å². The summed E-state index contributed by atoms with van der Waals surface area (Å²) in [4.78, 5) is 11.8. The molecule has 0 radical (unpaired) electrons. The van der Waals surface area contributed by atoms with E-state index in [1.54, 1.807) is 4.31 Å². The minimum atomic E-state index is -3.18. The van der Waals surface area contributed by atoms with Gasteiger partial charge in [-0.1, -0.05) is 6.42 Å². The zero-order valence-corrected chi connectivity index (χ0v) is 13.9. The molecule has 0 spiro atoms. The highest BCUT2D eigenvalue weighted by molar-refractivity contribution is 7.89. The zero-order valence-electron chi connectivity index (χ0n) is 13.1. The molecule has 23 heavy (non-hydrogen) atoms. The molecule has 0 aliphatic carbocycles. The van der Waals surface area contributed by atoms with Crippen molar-refractivity contribution in [3.8, 4) is 0 Å². The maximum atomic E-state index is 12.8. The molecule has 1 N–H and O–H groups in total. The maximum Gasteiger partial charge on any atom is 0.224 e. The first kappa shape index (κ1) is 17.9. The summed E-state index contributed by atoms with van der Waals surface area (Å²) in [5, 5.41) is 2.66. The van der Waals surface area contributed by atoms with Crippen molar-refractivity contribution in [3.05, 3.63) is 30.1 Å². The third kappa shape index (κ3) is 5.91. The number of halogens is 1. The summed E-state index contributed by atoms with van der Waals surface area (Å²) in [5.41, 5.74) is 0.539. The van der Waals surface area contributed by atoms with Gasteiger partial charge in [0, 0.05) is 25.2 Å². The lowest BCUT2D eigenvalue weighted by Gasteiger charge is -2.25. The number of unbranched alkanes of at least 4 members (excludes halogenated alkanes) is 1. The molecule has 0 saturated carbocycles. The van der Waals surface area contributed by atoms with Crippen LogP contribution in [0.2, 0.25) is 0 Å². The van der Waals surface area contributed by atoms with Crippen LogP contribution in [0.25, 0.3) is 0 Å². The number of carbonyl (C=O) groups is 1. The first-order valence-corrected chi connectivity index (χ1v) is 9.61. The summed E-state index contributed by atoms with van der Waals surface area (Å²) in [7, 11) is -3.18. The topological polar surface area (TPSA) is 66.5 Å². The molecular weight excluding hydrogens is 319 g/mol. The fraction of sp³-hybridized carbons (Fsp3) is 0.562. The van der Waals surface area contributed by atoms with Crippen molar-refractivity contribution in [2.45, 2.75) is 38.5 Å². The summed E-state index contributed by atoms with van der Waals surface area (Å²) in [6.07, 6.45) is 4.19. The minimum absolute atomic E-state index is 0.0941. The van der Waals surface area contributed by atoms with Crippen LogP contribution in [0, 0.1) is 5.82 Å². The van der Waals surface area contributed by atoms with Crippen molar-refractivity contribution in [3.63, 3.8) is 0 Å². The monoisotopic (exact) mass is 342 g/mol. The Morgan fingerprint density at radius 1 is 1.09 bits per heavy atom. The molecule has 0 unspecified atom stereocenters. The van der Waals surface area contributed by atoms with Crippen LogP contribution in [0.1, 0.15) is 38.5 Å². The van der Waals surface area contributed by atoms with Crippen molar-refractivity contribution in [1.29, 1.82) is 0 Å². The summed E-state index contributed by atoms with van der Waals surface area (Å²) < 4.78 is 38.6. The highest BCUT2D eigenvalue weighted by Gasteiger charge is 2.23. The molecule has 0 atom stereocenters. The Morgan fingerprint density at radius 3 is 2.39 bits per heavy atom. The van der Waals surface area contributed by atoms with Gasteiger partial charge in [0.05, 0.1) is 5.75 Å². The quantitative estimate of drug-likeness (QED) is 0.775. The Bertz CT molecular complexity index is 611. The number of nitrogens with zero attached hydrogens (tertiary/aromatic N) is 1. The number of sulfonamides is 1. The molecule has 1 aliphatic heterocycles. The van der Waals surface area contributed by atoms with E-state index < -0.39 is 10.0 Å². The van der Waals surface area contributed by atoms with E-state index >= 15 is 0 Å². The number of amides is 1. The molecule has 2 rings (SSSR count). The number of hydrogen-bond donors (Lipinski definition) is 1. The molecule has 1 aromatic rings. The number of benzene rings is 1. The number of anilines is 1. The molecule has 128 valence electrons. The Balaban J connectivity index is 1.68. The van der Waals surface area contributed by atoms with E-state index in [-0.39, 0.29) is 23.9 Å². The molecule has 1 saturated heterocycles. The lowest BCUT2D eigenvalue weighted by molar-refractivity contribution is -0.116. The number of rotatable bonds is 7. The van der Waals surface area contributed by atoms with E-state index in [0.29, 0.717) is 31.6 Å². The van der Waals surface area contributed by atoms with Crippen LogP contribution in [-0.2, 0) is 14.8 Å². The third-order valence-corrected chi connectivity index (χ3v) is 5.85. The molecule has 7 heteroatoms. The van der Waals surface area contributed by atoms with Gasteiger partial charge in [0.25, 0.3) is 0 Å². The third-order valence-electron chi connectivity index (χ3n) is 3.89. The second kappa shape index (κ2) is 8.40. The Morgan fingerprint density at radius 2 is 1.74 bits per heavy atom. The molecule has 0 bridgehead atoms. The van der Waals surface area contributed by atoms with Crippen LogP contribution in [0.5, 0.6) is 0 Å². The van der Waals surface area contributed by atoms with Gasteiger partial charge in [-0.2, -0.15) is 0 Å². The van der Waals surface area contributed by atoms with Crippen LogP contribution < -0.4 is 5.32 Å². The van der Waals surface area contributed by atoms with Crippen molar-refractivity contribution >= 4 is 21.6 Å². The van der Waals surface area contributed by atoms with Crippen LogP contribution in [0.4, 0.5) is 10.1 Å². The van der Waals surface area contributed by atoms with Crippen LogP contribution >= 0.6 is 0 Å². The van der Waals surface area contributed by atoms with E-state index in [1.807, 2.05) is 0 Å². The van der Waals surface area contributed by atoms with E-state index in [2.05, 4.69) is 5.32 Å². The second-order valence-electron chi connectivity index (χ2n) is 5.79. The zero-order chi connectivity index (χ0) is 16.7. The van der Waals surface area contributed by atoms with Crippen LogP contribution in [-0.4, -0.2) is 37.5 Å². The van der Waals surface area contributed by atoms with Crippen LogP contribution in [0.3, 0.4) is 0 Å². The van der Waals surface area contributed by atoms with E-state index in [1.165, 1.54) is 24.3 Å². The van der Waals surface area contributed by atoms with Gasteiger partial charge in [0.2, 0.25) is 15.9 Å². The molecule has 1 heterocycles. The number of hydrogen-bond acceptors (Lipinski definition) is 3. The predicted molar refractivity (Wildman–Crippen MR) is 88.1 cm³/mol. The number of carbonyl (C=O) groups excluding carboxylic acids is 1. The largest absolute Gasteiger partial charge is 0.326 e. The first-order valence-electron chi connectivity index (χ1n) is 8.01. The Hall–Kier alpha value is -1.47. The van der Waals surface area contributed by atoms with E-state index in [4.69, 9.17) is 0 Å². The second-order valence-corrected chi connectivity index (χ2v) is 7.88. The van der Waals surface area contributed by atoms with Gasteiger partial charge in [0.15, 0.2) is 0 Å². The maximum absolute atomic E-state index is 12.8. The molecule has 1 aromatic carbocycles. The van der Waals surface area contributed by atoms with Gasteiger partial charge < -0.3 is 5.32 Å². The molecular formula is C16H23FN2O3S. The van der Waals surface area contributed by atoms with Gasteiger partial charge in [-0.05, 0) is 49.9 Å². The van der Waals surface area contributed by atoms with Gasteiger partial charge in [-0.15, -0.1) is 0 Å². The van der Waals surface area contributed by atoms with Crippen molar-refractivity contribution in [2.24, 2.45) is 0 Å². The van der Waals surface area contributed by atoms with E-state index in [0.717, 1.165) is 19.3 Å². The molecule has 0 aromatic heterocycles. The van der Waals surface area contributed by atoms with Gasteiger partial charge in [-0.25, -0.2) is 17.1 Å². The average Bonchev–Trinajstić information content (AvgIpc) is 2.55. The SMILES string of the molecule is O=C(CCCCS(=O)(=O)N1CCCCC1)Nc1ccc(F)cc1. The number of piperidine rings is 1. The van der Waals surface area contributed by atoms with Gasteiger partial charge >= 0.3 is 0 Å². The molecule has 1 aliphatic rings. The van der Waals surface area contributed by atoms with Gasteiger partial charge in [-0.3, -0.25) is 4.79 Å². The molecule has 1 fully saturated rings. The highest BCUT2D eigenvalue weighted by Crippen LogP contribution is 2.15. The standard InChI is InChI=1S/C16H23FN2O3S/c17-14-7-9-15(10-8-14)18-16(20)6-2-5-13-23(21,22)19-11-3-1-4-12-19/h7-10H,1-6,11-13H2,(H,18,20). The smallest absolute Gasteiger partial charge is 0.224 e. The Kier molecular flexibility index (Phi) is 6.53. The predicted octanol–water partition coefficient (Wildman–Crippen LogP) is 2.75. The van der Waals surface area contributed by atoms with Crippen molar-refractivity contribution in [1.82, 2.24) is 4.31 Å². The molecule has 1 amide bonds. The van der Waals surface area contributed by atoms with Crippen molar-refractivity contribution < 1.29 is 17.6 Å². The lowest BCUT2D eigenvalue weighted by atomic mass is 10.2. The summed E-state index contributed by atoms with van der Waals surface area (Å²) in [6.45, 7) is 1.24. The average molecular weight is 342 g/mol. The van der Waals surface area contributed by atoms with Crippen molar-refractivity contribution in [2.75, 3.05) is 24.2 Å². The fourth-order valence-electron chi connectivity index (χ4n) is 2.60. The normalized spacial score (nSPS) is 16.2. The van der Waals surface area contributed by atoms with Gasteiger partial charge in [0.1, 0.15) is 5.82 Å². The Labute approximate surface area is 136 Å². The summed E-state index contributed by atoms with van der Waals surface area (Å²) >= 11 is 0. The molecule has 5 nitrogen and oxygen atoms in total. The minimum Gasteiger partial charge on any atom is -0.326 e. The highest BCUT2D eigenvalue weighted by atomic mass is 32.2. The summed E-state index contributed by atoms with van der Waals surface area (Å²) in [6, 6.07) is 5.55. The van der Waals surface area contributed by atoms with E-state index in [9.17, 15) is 17.6 Å². The summed E-state index contributed by atoms with van der Waals surface area (Å²) in [5.74, 6) is -0.450. The fourth-order valence-corrected chi connectivity index (χ4v) is 4.24. The lowest BCUT2D eigenvalue weighted by Crippen LogP contribution is -2.37. The first-order chi connectivity index (χ1) is 11.0.